The van der Waals surface area contributed by atoms with Gasteiger partial charge in [0.25, 0.3) is 5.91 Å². The van der Waals surface area contributed by atoms with E-state index in [0.717, 1.165) is 57.7 Å². The zero-order valence-electron chi connectivity index (χ0n) is 17.7. The van der Waals surface area contributed by atoms with E-state index in [9.17, 15) is 4.79 Å². The van der Waals surface area contributed by atoms with Crippen LogP contribution in [0.3, 0.4) is 0 Å². The summed E-state index contributed by atoms with van der Waals surface area (Å²) in [5.41, 5.74) is 1.21. The Bertz CT molecular complexity index is 1030. The molecule has 2 saturated heterocycles. The Balaban J connectivity index is 1.08. The molecule has 5 rings (SSSR count). The summed E-state index contributed by atoms with van der Waals surface area (Å²) in [6.07, 6.45) is 3.39. The molecule has 1 spiro atoms. The van der Waals surface area contributed by atoms with Crippen LogP contribution in [0.5, 0.6) is 5.75 Å². The van der Waals surface area contributed by atoms with Crippen molar-refractivity contribution in [1.29, 1.82) is 5.26 Å². The van der Waals surface area contributed by atoms with Crippen molar-refractivity contribution in [2.45, 2.75) is 37.8 Å². The maximum atomic E-state index is 12.6. The van der Waals surface area contributed by atoms with Gasteiger partial charge in [0.2, 0.25) is 0 Å². The van der Waals surface area contributed by atoms with E-state index in [1.165, 1.54) is 0 Å². The smallest absolute Gasteiger partial charge is 0.272 e. The summed E-state index contributed by atoms with van der Waals surface area (Å²) in [5.74, 6) is 1.31. The molecule has 3 heterocycles. The Hall–Kier alpha value is -2.89. The molecule has 2 aliphatic heterocycles. The number of amides is 1. The second-order valence-corrected chi connectivity index (χ2v) is 9.46. The van der Waals surface area contributed by atoms with E-state index < -0.39 is 0 Å². The summed E-state index contributed by atoms with van der Waals surface area (Å²) in [7, 11) is 0. The van der Waals surface area contributed by atoms with Crippen LogP contribution in [-0.2, 0) is 0 Å². The molecule has 1 aromatic carbocycles. The van der Waals surface area contributed by atoms with E-state index in [4.69, 9.17) is 21.6 Å². The summed E-state index contributed by atoms with van der Waals surface area (Å²) in [4.78, 5) is 14.8. The number of hydrogen-bond acceptors (Lipinski definition) is 7. The van der Waals surface area contributed by atoms with Crippen molar-refractivity contribution >= 4 is 23.3 Å². The third kappa shape index (κ3) is 4.23. The standard InChI is InChI=1S/C23H25ClN6O2/c24-19-9-18(4-1-15(19)10-25)32-17-5-2-16(3-6-17)27-22(31)20-7-8-21(29-28-20)30-13-23(14-30)11-26-12-23/h1,4,7-9,16-17,26H,2-3,5-6,11-14H2,(H,27,31)/t16-,17-. The lowest BCUT2D eigenvalue weighted by Crippen LogP contribution is -2.71. The first kappa shape index (κ1) is 21.0. The van der Waals surface area contributed by atoms with Gasteiger partial charge in [-0.05, 0) is 49.9 Å². The number of carbonyl (C=O) groups is 1. The van der Waals surface area contributed by atoms with Gasteiger partial charge in [-0.25, -0.2) is 0 Å². The quantitative estimate of drug-likeness (QED) is 0.718. The van der Waals surface area contributed by atoms with Gasteiger partial charge in [-0.15, -0.1) is 10.2 Å². The summed E-state index contributed by atoms with van der Waals surface area (Å²) < 4.78 is 6.01. The predicted octanol–water partition coefficient (Wildman–Crippen LogP) is 2.53. The molecule has 1 aliphatic carbocycles. The average molecular weight is 453 g/mol. The van der Waals surface area contributed by atoms with Gasteiger partial charge in [0, 0.05) is 43.7 Å². The Morgan fingerprint density at radius 3 is 2.56 bits per heavy atom. The lowest BCUT2D eigenvalue weighted by atomic mass is 9.74. The molecule has 1 aromatic heterocycles. The number of ether oxygens (including phenoxy) is 1. The van der Waals surface area contributed by atoms with Crippen molar-refractivity contribution in [1.82, 2.24) is 20.8 Å². The van der Waals surface area contributed by atoms with Gasteiger partial charge in [-0.3, -0.25) is 4.79 Å². The van der Waals surface area contributed by atoms with Crippen molar-refractivity contribution in [2.24, 2.45) is 5.41 Å². The highest BCUT2D eigenvalue weighted by atomic mass is 35.5. The molecule has 2 aromatic rings. The van der Waals surface area contributed by atoms with E-state index in [0.29, 0.717) is 27.4 Å². The average Bonchev–Trinajstić information content (AvgIpc) is 2.74. The van der Waals surface area contributed by atoms with E-state index in [1.54, 1.807) is 24.3 Å². The zero-order chi connectivity index (χ0) is 22.1. The molecule has 2 N–H and O–H groups in total. The van der Waals surface area contributed by atoms with Gasteiger partial charge >= 0.3 is 0 Å². The molecule has 3 aliphatic rings. The fraction of sp³-hybridized carbons (Fsp3) is 0.478. The minimum atomic E-state index is -0.185. The van der Waals surface area contributed by atoms with Crippen molar-refractivity contribution < 1.29 is 9.53 Å². The number of rotatable bonds is 5. The summed E-state index contributed by atoms with van der Waals surface area (Å²) in [6.45, 7) is 4.15. The summed E-state index contributed by atoms with van der Waals surface area (Å²) in [5, 5.41) is 24.2. The summed E-state index contributed by atoms with van der Waals surface area (Å²) >= 11 is 6.08. The topological polar surface area (TPSA) is 103 Å². The van der Waals surface area contributed by atoms with Gasteiger partial charge in [-0.1, -0.05) is 11.6 Å². The lowest BCUT2D eigenvalue weighted by molar-refractivity contribution is 0.0887. The minimum absolute atomic E-state index is 0.0666. The van der Waals surface area contributed by atoms with Crippen molar-refractivity contribution in [3.05, 3.63) is 46.6 Å². The summed E-state index contributed by atoms with van der Waals surface area (Å²) in [6, 6.07) is 10.9. The van der Waals surface area contributed by atoms with Crippen molar-refractivity contribution in [2.75, 3.05) is 31.1 Å². The number of halogens is 1. The molecule has 0 bridgehead atoms. The van der Waals surface area contributed by atoms with Gasteiger partial charge in [0.1, 0.15) is 11.8 Å². The third-order valence-electron chi connectivity index (χ3n) is 6.63. The Labute approximate surface area is 191 Å². The number of nitrogens with zero attached hydrogens (tertiary/aromatic N) is 4. The number of nitriles is 1. The molecule has 9 heteroatoms. The first-order valence-corrected chi connectivity index (χ1v) is 11.4. The highest BCUT2D eigenvalue weighted by Crippen LogP contribution is 2.36. The second kappa shape index (κ2) is 8.57. The first-order valence-electron chi connectivity index (χ1n) is 11.0. The van der Waals surface area contributed by atoms with Crippen LogP contribution in [0, 0.1) is 16.7 Å². The normalized spacial score (nSPS) is 23.6. The lowest BCUT2D eigenvalue weighted by Gasteiger charge is -2.56. The van der Waals surface area contributed by atoms with Crippen LogP contribution in [0.1, 0.15) is 41.7 Å². The second-order valence-electron chi connectivity index (χ2n) is 9.05. The monoisotopic (exact) mass is 452 g/mol. The van der Waals surface area contributed by atoms with Crippen LogP contribution in [-0.4, -0.2) is 54.4 Å². The molecule has 0 radical (unpaired) electrons. The van der Waals surface area contributed by atoms with Crippen molar-refractivity contribution in [3.63, 3.8) is 0 Å². The van der Waals surface area contributed by atoms with Crippen LogP contribution >= 0.6 is 11.6 Å². The van der Waals surface area contributed by atoms with E-state index >= 15 is 0 Å². The molecule has 1 saturated carbocycles. The fourth-order valence-corrected chi connectivity index (χ4v) is 4.89. The van der Waals surface area contributed by atoms with E-state index in [-0.39, 0.29) is 18.1 Å². The number of anilines is 1. The molecule has 8 nitrogen and oxygen atoms in total. The molecular formula is C23H25ClN6O2. The number of hydrogen-bond donors (Lipinski definition) is 2. The fourth-order valence-electron chi connectivity index (χ4n) is 4.68. The Morgan fingerprint density at radius 1 is 1.19 bits per heavy atom. The van der Waals surface area contributed by atoms with E-state index in [2.05, 4.69) is 25.7 Å². The van der Waals surface area contributed by atoms with Crippen LogP contribution in [0.15, 0.2) is 30.3 Å². The molecule has 0 unspecified atom stereocenters. The SMILES string of the molecule is N#Cc1ccc(O[C@H]2CC[C@H](NC(=O)c3ccc(N4CC5(CNC5)C4)nn3)CC2)cc1Cl. The van der Waals surface area contributed by atoms with Crippen LogP contribution in [0.25, 0.3) is 0 Å². The maximum Gasteiger partial charge on any atom is 0.272 e. The molecule has 32 heavy (non-hydrogen) atoms. The van der Waals surface area contributed by atoms with Gasteiger partial charge in [-0.2, -0.15) is 5.26 Å². The largest absolute Gasteiger partial charge is 0.490 e. The molecule has 0 atom stereocenters. The highest BCUT2D eigenvalue weighted by Gasteiger charge is 2.48. The van der Waals surface area contributed by atoms with Crippen LogP contribution in [0.4, 0.5) is 5.82 Å². The number of nitrogens with one attached hydrogen (secondary N) is 2. The molecule has 3 fully saturated rings. The molecular weight excluding hydrogens is 428 g/mol. The Kier molecular flexibility index (Phi) is 5.62. The van der Waals surface area contributed by atoms with E-state index in [1.807, 2.05) is 12.1 Å². The van der Waals surface area contributed by atoms with Crippen molar-refractivity contribution in [3.8, 4) is 11.8 Å². The molecule has 1 amide bonds. The maximum absolute atomic E-state index is 12.6. The van der Waals surface area contributed by atoms with Crippen LogP contribution in [0.2, 0.25) is 5.02 Å². The van der Waals surface area contributed by atoms with Crippen LogP contribution < -0.4 is 20.3 Å². The highest BCUT2D eigenvalue weighted by molar-refractivity contribution is 6.31. The first-order chi connectivity index (χ1) is 15.5. The minimum Gasteiger partial charge on any atom is -0.490 e. The van der Waals surface area contributed by atoms with Gasteiger partial charge in [0.05, 0.1) is 16.7 Å². The third-order valence-corrected chi connectivity index (χ3v) is 6.95. The number of carbonyl (C=O) groups excluding carboxylic acids is 1. The number of benzene rings is 1. The zero-order valence-corrected chi connectivity index (χ0v) is 18.4. The predicted molar refractivity (Wildman–Crippen MR) is 120 cm³/mol. The molecule has 166 valence electrons. The van der Waals surface area contributed by atoms with Gasteiger partial charge in [0.15, 0.2) is 11.5 Å². The number of aromatic nitrogens is 2. The van der Waals surface area contributed by atoms with Gasteiger partial charge < -0.3 is 20.3 Å². The Morgan fingerprint density at radius 2 is 1.97 bits per heavy atom.